The second-order valence-electron chi connectivity index (χ2n) is 11.7. The van der Waals surface area contributed by atoms with Crippen LogP contribution in [-0.4, -0.2) is 24.9 Å². The van der Waals surface area contributed by atoms with Crippen LogP contribution in [0.25, 0.3) is 0 Å². The molecule has 0 unspecified atom stereocenters. The van der Waals surface area contributed by atoms with Gasteiger partial charge in [-0.05, 0) is 119 Å². The molecule has 2 nitrogen and oxygen atoms in total. The maximum Gasteiger partial charge on any atom is 0.416 e. The number of alkyl halides is 5. The lowest BCUT2D eigenvalue weighted by Crippen LogP contribution is -2.38. The van der Waals surface area contributed by atoms with Crippen molar-refractivity contribution in [3.8, 4) is 0 Å². The topological polar surface area (TPSA) is 18.5 Å². The molecule has 0 atom stereocenters. The summed E-state index contributed by atoms with van der Waals surface area (Å²) in [5.41, 5.74) is 0.173. The van der Waals surface area contributed by atoms with Gasteiger partial charge in [-0.1, -0.05) is 36.4 Å². The summed E-state index contributed by atoms with van der Waals surface area (Å²) in [6.45, 7) is 2.68. The van der Waals surface area contributed by atoms with Gasteiger partial charge in [0.25, 0.3) is 0 Å². The minimum Gasteiger partial charge on any atom is -0.374 e. The Bertz CT molecular complexity index is 915. The van der Waals surface area contributed by atoms with Gasteiger partial charge in [0.2, 0.25) is 0 Å². The molecule has 218 valence electrons. The van der Waals surface area contributed by atoms with E-state index in [4.69, 9.17) is 9.47 Å². The van der Waals surface area contributed by atoms with Crippen LogP contribution in [0.2, 0.25) is 0 Å². The minimum absolute atomic E-state index is 0.0868. The van der Waals surface area contributed by atoms with E-state index < -0.39 is 29.9 Å². The lowest BCUT2D eigenvalue weighted by atomic mass is 9.79. The third kappa shape index (κ3) is 8.88. The van der Waals surface area contributed by atoms with E-state index in [9.17, 15) is 13.2 Å². The van der Waals surface area contributed by atoms with Crippen molar-refractivity contribution in [2.45, 2.75) is 114 Å². The van der Waals surface area contributed by atoms with E-state index in [0.717, 1.165) is 56.2 Å². The lowest BCUT2D eigenvalue weighted by Gasteiger charge is -2.36. The molecule has 3 aliphatic rings. The van der Waals surface area contributed by atoms with Crippen molar-refractivity contribution in [3.05, 3.63) is 59.7 Å². The Morgan fingerprint density at radius 1 is 0.718 bits per heavy atom. The number of ether oxygens (including phenoxy) is 2. The molecule has 0 bridgehead atoms. The van der Waals surface area contributed by atoms with Crippen LogP contribution in [0.15, 0.2) is 48.6 Å². The van der Waals surface area contributed by atoms with E-state index in [1.165, 1.54) is 12.1 Å². The zero-order chi connectivity index (χ0) is 27.9. The standard InChI is InChI=1S/C32H43F5O2/c1-2-3-22-38-29-18-8-24(9-19-29)5-4-23-6-14-28(15-7-23)32(36,37)39-30-20-12-26(13-21-30)25-10-16-27(17-11-25)31(33,34)35/h2-5,10-11,16-17,23-24,26,28-30H,6-9,12-15,18-22H2,1H3/b3-2+,5-4+. The van der Waals surface area contributed by atoms with Crippen LogP contribution >= 0.6 is 0 Å². The van der Waals surface area contributed by atoms with Crippen LogP contribution in [0.4, 0.5) is 22.0 Å². The van der Waals surface area contributed by atoms with E-state index in [0.29, 0.717) is 63.1 Å². The summed E-state index contributed by atoms with van der Waals surface area (Å²) in [7, 11) is 0. The summed E-state index contributed by atoms with van der Waals surface area (Å²) in [4.78, 5) is 0. The van der Waals surface area contributed by atoms with Crippen molar-refractivity contribution >= 4 is 0 Å². The van der Waals surface area contributed by atoms with Gasteiger partial charge in [0.1, 0.15) is 0 Å². The monoisotopic (exact) mass is 554 g/mol. The van der Waals surface area contributed by atoms with Crippen molar-refractivity contribution in [1.82, 2.24) is 0 Å². The van der Waals surface area contributed by atoms with Crippen molar-refractivity contribution in [1.29, 1.82) is 0 Å². The van der Waals surface area contributed by atoms with Crippen molar-refractivity contribution < 1.29 is 31.4 Å². The first-order valence-electron chi connectivity index (χ1n) is 14.8. The van der Waals surface area contributed by atoms with E-state index in [1.807, 2.05) is 19.1 Å². The predicted molar refractivity (Wildman–Crippen MR) is 144 cm³/mol. The first-order chi connectivity index (χ1) is 18.6. The summed E-state index contributed by atoms with van der Waals surface area (Å²) in [5.74, 6) is 0.259. The summed E-state index contributed by atoms with van der Waals surface area (Å²) in [5, 5.41) is 0. The van der Waals surface area contributed by atoms with Gasteiger partial charge in [0.15, 0.2) is 0 Å². The first kappa shape index (κ1) is 30.2. The summed E-state index contributed by atoms with van der Waals surface area (Å²) >= 11 is 0. The van der Waals surface area contributed by atoms with Gasteiger partial charge in [-0.3, -0.25) is 0 Å². The molecule has 3 fully saturated rings. The maximum absolute atomic E-state index is 15.1. The Hall–Kier alpha value is -1.73. The number of hydrogen-bond donors (Lipinski definition) is 0. The van der Waals surface area contributed by atoms with Gasteiger partial charge < -0.3 is 9.47 Å². The van der Waals surface area contributed by atoms with Crippen molar-refractivity contribution in [3.63, 3.8) is 0 Å². The average Bonchev–Trinajstić information content (AvgIpc) is 2.93. The molecule has 0 spiro atoms. The molecule has 0 N–H and O–H groups in total. The third-order valence-electron chi connectivity index (χ3n) is 8.99. The largest absolute Gasteiger partial charge is 0.416 e. The Morgan fingerprint density at radius 2 is 1.26 bits per heavy atom. The van der Waals surface area contributed by atoms with Crippen LogP contribution in [0.1, 0.15) is 101 Å². The smallest absolute Gasteiger partial charge is 0.374 e. The van der Waals surface area contributed by atoms with E-state index >= 15 is 8.78 Å². The zero-order valence-corrected chi connectivity index (χ0v) is 23.0. The van der Waals surface area contributed by atoms with E-state index in [-0.39, 0.29) is 5.92 Å². The number of halogens is 5. The highest BCUT2D eigenvalue weighted by Gasteiger charge is 2.44. The predicted octanol–water partition coefficient (Wildman–Crippen LogP) is 9.86. The van der Waals surface area contributed by atoms with Crippen LogP contribution in [0, 0.1) is 17.8 Å². The molecular formula is C32H43F5O2. The fourth-order valence-electron chi connectivity index (χ4n) is 6.47. The zero-order valence-electron chi connectivity index (χ0n) is 23.0. The van der Waals surface area contributed by atoms with E-state index in [2.05, 4.69) is 12.2 Å². The van der Waals surface area contributed by atoms with Gasteiger partial charge in [0, 0.05) is 0 Å². The van der Waals surface area contributed by atoms with Gasteiger partial charge >= 0.3 is 12.3 Å². The molecule has 1 aromatic rings. The van der Waals surface area contributed by atoms with Crippen LogP contribution in [-0.2, 0) is 15.7 Å². The van der Waals surface area contributed by atoms with Crippen LogP contribution in [0.5, 0.6) is 0 Å². The molecular weight excluding hydrogens is 511 g/mol. The van der Waals surface area contributed by atoms with Gasteiger partial charge in [0.05, 0.1) is 30.3 Å². The highest BCUT2D eigenvalue weighted by molar-refractivity contribution is 5.27. The van der Waals surface area contributed by atoms with Gasteiger partial charge in [-0.25, -0.2) is 0 Å². The molecule has 0 aromatic heterocycles. The maximum atomic E-state index is 15.1. The molecule has 0 aliphatic heterocycles. The SMILES string of the molecule is C/C=C/COC1CCC(/C=C/C2CCC(C(F)(F)OC3CCC(c4ccc(C(F)(F)F)cc4)CC3)CC2)CC1. The van der Waals surface area contributed by atoms with Gasteiger partial charge in [-0.15, -0.1) is 0 Å². The third-order valence-corrected chi connectivity index (χ3v) is 8.99. The Morgan fingerprint density at radius 3 is 1.79 bits per heavy atom. The average molecular weight is 555 g/mol. The molecule has 4 rings (SSSR count). The number of rotatable bonds is 9. The molecule has 3 saturated carbocycles. The minimum atomic E-state index is -4.36. The summed E-state index contributed by atoms with van der Waals surface area (Å²) < 4.78 is 79.8. The lowest BCUT2D eigenvalue weighted by molar-refractivity contribution is -0.301. The van der Waals surface area contributed by atoms with E-state index in [1.54, 1.807) is 0 Å². The van der Waals surface area contributed by atoms with Gasteiger partial charge in [-0.2, -0.15) is 22.0 Å². The Balaban J connectivity index is 1.16. The highest BCUT2D eigenvalue weighted by Crippen LogP contribution is 2.43. The second-order valence-corrected chi connectivity index (χ2v) is 11.7. The normalized spacial score (nSPS) is 31.2. The summed E-state index contributed by atoms with van der Waals surface area (Å²) in [6, 6.07) is 5.24. The number of allylic oxidation sites excluding steroid dienone is 3. The van der Waals surface area contributed by atoms with Crippen LogP contribution in [0.3, 0.4) is 0 Å². The van der Waals surface area contributed by atoms with Crippen molar-refractivity contribution in [2.24, 2.45) is 17.8 Å². The molecule has 39 heavy (non-hydrogen) atoms. The molecule has 0 radical (unpaired) electrons. The Labute approximate surface area is 230 Å². The molecule has 0 saturated heterocycles. The molecule has 1 aromatic carbocycles. The number of benzene rings is 1. The number of hydrogen-bond acceptors (Lipinski definition) is 2. The molecule has 0 heterocycles. The molecule has 3 aliphatic carbocycles. The molecule has 7 heteroatoms. The van der Waals surface area contributed by atoms with Crippen LogP contribution < -0.4 is 0 Å². The second kappa shape index (κ2) is 13.8. The molecule has 0 amide bonds. The fraction of sp³-hybridized carbons (Fsp3) is 0.688. The highest BCUT2D eigenvalue weighted by atomic mass is 19.4. The fourth-order valence-corrected chi connectivity index (χ4v) is 6.47. The Kier molecular flexibility index (Phi) is 10.7. The quantitative estimate of drug-likeness (QED) is 0.223. The van der Waals surface area contributed by atoms with Crippen molar-refractivity contribution in [2.75, 3.05) is 6.61 Å². The first-order valence-corrected chi connectivity index (χ1v) is 14.8. The summed E-state index contributed by atoms with van der Waals surface area (Å²) in [6.07, 6.45) is 10.2.